The average Bonchev–Trinajstić information content (AvgIpc) is 2.75. The first kappa shape index (κ1) is 24.6. The van der Waals surface area contributed by atoms with Gasteiger partial charge in [-0.1, -0.05) is 0 Å². The molecule has 0 saturated heterocycles. The smallest absolute Gasteiger partial charge is 0.420 e. The quantitative estimate of drug-likeness (QED) is 0.295. The van der Waals surface area contributed by atoms with E-state index in [-0.39, 0.29) is 13.4 Å². The lowest BCUT2D eigenvalue weighted by molar-refractivity contribution is -0.385. The minimum Gasteiger partial charge on any atom is -0.489 e. The molecule has 0 amide bonds. The van der Waals surface area contributed by atoms with Crippen LogP contribution in [-0.2, 0) is 17.3 Å². The van der Waals surface area contributed by atoms with Crippen molar-refractivity contribution in [3.8, 4) is 17.2 Å². The fraction of sp³-hybridized carbons (Fsp3) is 0.478. The summed E-state index contributed by atoms with van der Waals surface area (Å²) in [5, 5.41) is 10.9. The Morgan fingerprint density at radius 2 is 1.85 bits per heavy atom. The topological polar surface area (TPSA) is 80.1 Å². The van der Waals surface area contributed by atoms with Crippen molar-refractivity contribution in [3.63, 3.8) is 0 Å². The highest BCUT2D eigenvalue weighted by Crippen LogP contribution is 2.44. The maximum atomic E-state index is 13.5. The van der Waals surface area contributed by atoms with Crippen LogP contribution < -0.4 is 14.2 Å². The van der Waals surface area contributed by atoms with Crippen molar-refractivity contribution in [1.82, 2.24) is 0 Å². The van der Waals surface area contributed by atoms with Gasteiger partial charge in [0.2, 0.25) is 0 Å². The molecule has 2 aromatic carbocycles. The van der Waals surface area contributed by atoms with E-state index < -0.39 is 33.7 Å². The van der Waals surface area contributed by atoms with Gasteiger partial charge in [0.15, 0.2) is 6.79 Å². The van der Waals surface area contributed by atoms with Crippen LogP contribution in [0.5, 0.6) is 17.2 Å². The first-order valence-electron chi connectivity index (χ1n) is 10.3. The number of methoxy groups -OCH3 is 1. The highest BCUT2D eigenvalue weighted by Gasteiger charge is 2.39. The summed E-state index contributed by atoms with van der Waals surface area (Å²) in [4.78, 5) is 10.0. The van der Waals surface area contributed by atoms with Crippen LogP contribution in [0.2, 0.25) is 0 Å². The molecule has 10 heteroatoms. The van der Waals surface area contributed by atoms with E-state index in [0.717, 1.165) is 40.1 Å². The third kappa shape index (κ3) is 5.00. The molecular formula is C23H26F3NO6. The second-order valence-corrected chi connectivity index (χ2v) is 8.34. The summed E-state index contributed by atoms with van der Waals surface area (Å²) in [6.45, 7) is 7.47. The molecule has 0 fully saturated rings. The lowest BCUT2D eigenvalue weighted by Crippen LogP contribution is -2.42. The van der Waals surface area contributed by atoms with E-state index in [4.69, 9.17) is 18.9 Å². The van der Waals surface area contributed by atoms with E-state index in [1.54, 1.807) is 14.0 Å². The summed E-state index contributed by atoms with van der Waals surface area (Å²) < 4.78 is 62.9. The van der Waals surface area contributed by atoms with Crippen LogP contribution in [0.1, 0.15) is 41.2 Å². The molecule has 1 aliphatic heterocycles. The van der Waals surface area contributed by atoms with E-state index in [9.17, 15) is 23.3 Å². The van der Waals surface area contributed by atoms with Crippen molar-refractivity contribution in [2.24, 2.45) is 0 Å². The van der Waals surface area contributed by atoms with Gasteiger partial charge >= 0.3 is 6.18 Å². The van der Waals surface area contributed by atoms with Gasteiger partial charge in [-0.25, -0.2) is 0 Å². The van der Waals surface area contributed by atoms with Gasteiger partial charge in [0, 0.05) is 24.8 Å². The molecule has 180 valence electrons. The Morgan fingerprint density at radius 3 is 2.45 bits per heavy atom. The van der Waals surface area contributed by atoms with Gasteiger partial charge in [0.05, 0.1) is 4.92 Å². The largest absolute Gasteiger partial charge is 0.489 e. The number of hydrogen-bond donors (Lipinski definition) is 0. The Balaban J connectivity index is 1.87. The second-order valence-electron chi connectivity index (χ2n) is 8.34. The van der Waals surface area contributed by atoms with E-state index in [1.165, 1.54) is 0 Å². The summed E-state index contributed by atoms with van der Waals surface area (Å²) in [6.07, 6.45) is -3.68. The summed E-state index contributed by atoms with van der Waals surface area (Å²) in [5.41, 5.74) is 0.935. The van der Waals surface area contributed by atoms with Crippen molar-refractivity contribution in [2.45, 2.75) is 52.3 Å². The molecule has 3 rings (SSSR count). The molecule has 0 saturated carbocycles. The van der Waals surface area contributed by atoms with Gasteiger partial charge in [0.1, 0.15) is 35.0 Å². The third-order valence-corrected chi connectivity index (χ3v) is 5.90. The number of fused-ring (bicyclic) bond motifs is 1. The third-order valence-electron chi connectivity index (χ3n) is 5.90. The maximum Gasteiger partial charge on any atom is 0.420 e. The number of rotatable bonds is 7. The van der Waals surface area contributed by atoms with Crippen LogP contribution in [-0.4, -0.2) is 31.0 Å². The highest BCUT2D eigenvalue weighted by molar-refractivity contribution is 5.59. The normalized spacial score (nSPS) is 17.8. The average molecular weight is 469 g/mol. The number of alkyl halides is 3. The molecule has 1 heterocycles. The number of hydrogen-bond acceptors (Lipinski definition) is 6. The second kappa shape index (κ2) is 9.09. The molecule has 0 aliphatic carbocycles. The van der Waals surface area contributed by atoms with Crippen molar-refractivity contribution < 1.29 is 37.0 Å². The van der Waals surface area contributed by atoms with Crippen LogP contribution in [0.15, 0.2) is 18.2 Å². The SMILES string of the molecule is COCOc1c(C)c(C)c2c(c1C)CCC(C)(COc1ccc([N+](=O)[O-])cc1C(F)(F)F)O2. The Labute approximate surface area is 189 Å². The van der Waals surface area contributed by atoms with Gasteiger partial charge < -0.3 is 18.9 Å². The highest BCUT2D eigenvalue weighted by atomic mass is 19.4. The summed E-state index contributed by atoms with van der Waals surface area (Å²) in [5.74, 6) is 0.931. The van der Waals surface area contributed by atoms with Gasteiger partial charge in [-0.3, -0.25) is 10.1 Å². The van der Waals surface area contributed by atoms with Crippen LogP contribution >= 0.6 is 0 Å². The lowest BCUT2D eigenvalue weighted by Gasteiger charge is -2.38. The molecule has 1 aliphatic rings. The van der Waals surface area contributed by atoms with Crippen molar-refractivity contribution in [2.75, 3.05) is 20.5 Å². The van der Waals surface area contributed by atoms with Crippen LogP contribution in [0.25, 0.3) is 0 Å². The van der Waals surface area contributed by atoms with Crippen LogP contribution in [0, 0.1) is 30.9 Å². The van der Waals surface area contributed by atoms with Crippen molar-refractivity contribution >= 4 is 5.69 Å². The number of benzene rings is 2. The molecule has 0 N–H and O–H groups in total. The standard InChI is InChI=1S/C23H26F3NO6/c1-13-14(2)21-17(15(3)20(13)32-12-30-5)8-9-22(4,33-21)11-31-19-7-6-16(27(28)29)10-18(19)23(24,25)26/h6-7,10H,8-9,11-12H2,1-5H3. The Bertz CT molecular complexity index is 1070. The van der Waals surface area contributed by atoms with Crippen LogP contribution in [0.3, 0.4) is 0 Å². The fourth-order valence-electron chi connectivity index (χ4n) is 3.93. The van der Waals surface area contributed by atoms with Gasteiger partial charge in [-0.05, 0) is 63.3 Å². The van der Waals surface area contributed by atoms with Gasteiger partial charge in [-0.15, -0.1) is 0 Å². The number of nitro groups is 1. The van der Waals surface area contributed by atoms with Crippen molar-refractivity contribution in [1.29, 1.82) is 0 Å². The molecular weight excluding hydrogens is 443 g/mol. The molecule has 0 radical (unpaired) electrons. The lowest BCUT2D eigenvalue weighted by atomic mass is 9.87. The monoisotopic (exact) mass is 469 g/mol. The zero-order chi connectivity index (χ0) is 24.6. The minimum absolute atomic E-state index is 0.114. The predicted molar refractivity (Wildman–Crippen MR) is 114 cm³/mol. The van der Waals surface area contributed by atoms with Crippen molar-refractivity contribution in [3.05, 3.63) is 56.1 Å². The maximum absolute atomic E-state index is 13.5. The van der Waals surface area contributed by atoms with E-state index in [1.807, 2.05) is 20.8 Å². The Kier molecular flexibility index (Phi) is 6.78. The first-order valence-corrected chi connectivity index (χ1v) is 10.3. The number of halogens is 3. The molecule has 33 heavy (non-hydrogen) atoms. The zero-order valence-electron chi connectivity index (χ0n) is 19.1. The summed E-state index contributed by atoms with van der Waals surface area (Å²) in [6, 6.07) is 2.44. The molecule has 2 aromatic rings. The number of nitro benzene ring substituents is 1. The Morgan fingerprint density at radius 1 is 1.15 bits per heavy atom. The zero-order valence-corrected chi connectivity index (χ0v) is 19.1. The van der Waals surface area contributed by atoms with E-state index in [0.29, 0.717) is 24.7 Å². The van der Waals surface area contributed by atoms with Gasteiger partial charge in [0.25, 0.3) is 5.69 Å². The number of ether oxygens (including phenoxy) is 4. The number of nitrogens with zero attached hydrogens (tertiary/aromatic N) is 1. The van der Waals surface area contributed by atoms with Crippen LogP contribution in [0.4, 0.5) is 18.9 Å². The molecule has 7 nitrogen and oxygen atoms in total. The minimum atomic E-state index is -4.80. The van der Waals surface area contributed by atoms with E-state index in [2.05, 4.69) is 0 Å². The predicted octanol–water partition coefficient (Wildman–Crippen LogP) is 5.68. The summed E-state index contributed by atoms with van der Waals surface area (Å²) >= 11 is 0. The summed E-state index contributed by atoms with van der Waals surface area (Å²) in [7, 11) is 1.54. The molecule has 1 atom stereocenters. The van der Waals surface area contributed by atoms with Gasteiger partial charge in [-0.2, -0.15) is 13.2 Å². The fourth-order valence-corrected chi connectivity index (χ4v) is 3.93. The first-order chi connectivity index (χ1) is 15.4. The molecule has 0 aromatic heterocycles. The van der Waals surface area contributed by atoms with E-state index >= 15 is 0 Å². The molecule has 0 spiro atoms. The molecule has 0 bridgehead atoms. The Hall–Kier alpha value is -3.01. The number of non-ortho nitro benzene ring substituents is 1. The molecule has 1 unspecified atom stereocenters.